The Bertz CT molecular complexity index is 1220. The highest BCUT2D eigenvalue weighted by Crippen LogP contribution is 2.13. The molecule has 266 valence electrons. The Morgan fingerprint density at radius 2 is 1.44 bits per heavy atom. The van der Waals surface area contributed by atoms with E-state index in [1.54, 1.807) is 0 Å². The standard InChI is InChI=1S/C33H55N11O4/c1-48-30(47)27(11-10-14-37-31(34)35)44-28(45)12-8-6-4-2-3-5-7-9-13-36-29(46)26-20-24(22-42-32-38-15-16-39-32)19-25(21-26)23-43-33-40-17-18-41-33/h19-21,27H,2-18,22-23H2,1H3,(H,36,46)(H,44,45)(H4,34,35,37)(H2,38,39,42)(H2,40,41,43). The van der Waals surface area contributed by atoms with Crippen molar-refractivity contribution in [2.45, 2.75) is 89.8 Å². The zero-order chi connectivity index (χ0) is 34.4. The van der Waals surface area contributed by atoms with E-state index in [2.05, 4.69) is 52.9 Å². The quantitative estimate of drug-likeness (QED) is 0.0374. The minimum Gasteiger partial charge on any atom is -0.467 e. The second-order valence-corrected chi connectivity index (χ2v) is 12.0. The maximum atomic E-state index is 13.1. The molecule has 15 nitrogen and oxygen atoms in total. The molecule has 1 aromatic carbocycles. The first kappa shape index (κ1) is 37.9. The number of amides is 2. The van der Waals surface area contributed by atoms with Gasteiger partial charge in [-0.05, 0) is 48.9 Å². The Morgan fingerprint density at radius 3 is 1.98 bits per heavy atom. The zero-order valence-corrected chi connectivity index (χ0v) is 28.4. The van der Waals surface area contributed by atoms with Gasteiger partial charge in [0.15, 0.2) is 17.9 Å². The van der Waals surface area contributed by atoms with Gasteiger partial charge in [-0.15, -0.1) is 0 Å². The molecule has 15 heteroatoms. The Labute approximate surface area is 284 Å². The first-order valence-corrected chi connectivity index (χ1v) is 17.2. The van der Waals surface area contributed by atoms with Gasteiger partial charge in [-0.2, -0.15) is 0 Å². The van der Waals surface area contributed by atoms with Gasteiger partial charge in [0.25, 0.3) is 5.91 Å². The van der Waals surface area contributed by atoms with Crippen LogP contribution in [-0.4, -0.2) is 88.1 Å². The van der Waals surface area contributed by atoms with Crippen molar-refractivity contribution < 1.29 is 19.1 Å². The number of carbonyl (C=O) groups is 3. The van der Waals surface area contributed by atoms with Crippen molar-refractivity contribution in [1.29, 1.82) is 0 Å². The van der Waals surface area contributed by atoms with E-state index in [1.165, 1.54) is 7.11 Å². The second kappa shape index (κ2) is 22.1. The summed E-state index contributed by atoms with van der Waals surface area (Å²) in [5.74, 6) is 0.882. The van der Waals surface area contributed by atoms with Crippen molar-refractivity contribution in [3.05, 3.63) is 34.9 Å². The van der Waals surface area contributed by atoms with Crippen LogP contribution in [0, 0.1) is 0 Å². The third kappa shape index (κ3) is 15.4. The van der Waals surface area contributed by atoms with Crippen LogP contribution in [0.25, 0.3) is 0 Å². The van der Waals surface area contributed by atoms with Gasteiger partial charge in [0, 0.05) is 51.3 Å². The van der Waals surface area contributed by atoms with Crippen LogP contribution in [0.2, 0.25) is 0 Å². The molecule has 0 bridgehead atoms. The molecule has 3 rings (SSSR count). The van der Waals surface area contributed by atoms with Crippen molar-refractivity contribution in [3.63, 3.8) is 0 Å². The maximum Gasteiger partial charge on any atom is 0.328 e. The number of rotatable bonds is 22. The number of nitrogens with two attached hydrogens (primary N) is 2. The number of carbonyl (C=O) groups excluding carboxylic acids is 3. The predicted molar refractivity (Wildman–Crippen MR) is 188 cm³/mol. The van der Waals surface area contributed by atoms with Gasteiger partial charge >= 0.3 is 5.97 Å². The molecule has 0 aliphatic carbocycles. The molecule has 0 spiro atoms. The molecule has 2 aliphatic heterocycles. The van der Waals surface area contributed by atoms with Crippen molar-refractivity contribution in [2.24, 2.45) is 26.4 Å². The summed E-state index contributed by atoms with van der Waals surface area (Å²) in [5.41, 5.74) is 13.3. The number of unbranched alkanes of at least 4 members (excludes halogenated alkanes) is 7. The number of guanidine groups is 3. The van der Waals surface area contributed by atoms with Gasteiger partial charge in [-0.1, -0.05) is 44.6 Å². The van der Waals surface area contributed by atoms with Crippen LogP contribution in [0.4, 0.5) is 0 Å². The molecule has 2 heterocycles. The van der Waals surface area contributed by atoms with Crippen LogP contribution in [0.3, 0.4) is 0 Å². The van der Waals surface area contributed by atoms with Crippen LogP contribution >= 0.6 is 0 Å². The van der Waals surface area contributed by atoms with E-state index >= 15 is 0 Å². The summed E-state index contributed by atoms with van der Waals surface area (Å²) in [5, 5.41) is 18.9. The fraction of sp³-hybridized carbons (Fsp3) is 0.636. The highest BCUT2D eigenvalue weighted by Gasteiger charge is 2.20. The zero-order valence-electron chi connectivity index (χ0n) is 28.4. The number of aliphatic imine (C=N–C) groups is 3. The van der Waals surface area contributed by atoms with Crippen molar-refractivity contribution in [1.82, 2.24) is 31.9 Å². The Hall–Kier alpha value is -4.56. The minimum atomic E-state index is -0.696. The molecule has 1 atom stereocenters. The first-order valence-electron chi connectivity index (χ1n) is 17.2. The van der Waals surface area contributed by atoms with E-state index in [1.807, 2.05) is 12.1 Å². The average molecular weight is 670 g/mol. The van der Waals surface area contributed by atoms with Crippen molar-refractivity contribution in [3.8, 4) is 0 Å². The van der Waals surface area contributed by atoms with E-state index in [9.17, 15) is 14.4 Å². The van der Waals surface area contributed by atoms with Gasteiger partial charge in [0.05, 0.1) is 20.2 Å². The van der Waals surface area contributed by atoms with Gasteiger partial charge in [0.2, 0.25) is 5.91 Å². The summed E-state index contributed by atoms with van der Waals surface area (Å²) >= 11 is 0. The van der Waals surface area contributed by atoms with E-state index < -0.39 is 12.0 Å². The number of esters is 1. The summed E-state index contributed by atoms with van der Waals surface area (Å²) < 4.78 is 4.81. The second-order valence-electron chi connectivity index (χ2n) is 12.0. The molecule has 0 radical (unpaired) electrons. The number of hydrogen-bond acceptors (Lipinski definition) is 11. The maximum absolute atomic E-state index is 13.1. The van der Waals surface area contributed by atoms with Crippen LogP contribution in [0.1, 0.15) is 92.1 Å². The Morgan fingerprint density at radius 1 is 0.854 bits per heavy atom. The van der Waals surface area contributed by atoms with E-state index in [4.69, 9.17) is 16.2 Å². The lowest BCUT2D eigenvalue weighted by molar-refractivity contribution is -0.145. The van der Waals surface area contributed by atoms with Gasteiger partial charge in [-0.3, -0.25) is 24.6 Å². The molecule has 0 saturated heterocycles. The van der Waals surface area contributed by atoms with Gasteiger partial charge < -0.3 is 48.1 Å². The van der Waals surface area contributed by atoms with Crippen LogP contribution < -0.4 is 43.4 Å². The molecule has 0 aromatic heterocycles. The van der Waals surface area contributed by atoms with E-state index in [0.717, 1.165) is 101 Å². The third-order valence-electron chi connectivity index (χ3n) is 7.97. The molecule has 10 N–H and O–H groups in total. The smallest absolute Gasteiger partial charge is 0.328 e. The Kier molecular flexibility index (Phi) is 17.4. The molecule has 0 fully saturated rings. The SMILES string of the molecule is COC(=O)C(CCCN=C(N)N)NC(=O)CCCCCCCCCCNC(=O)c1cc(CNC2=NCCN2)cc(CNC2=NCCN2)c1. The number of hydrogen-bond donors (Lipinski definition) is 8. The molecule has 2 amide bonds. The molecular weight excluding hydrogens is 614 g/mol. The number of benzene rings is 1. The third-order valence-corrected chi connectivity index (χ3v) is 7.97. The lowest BCUT2D eigenvalue weighted by Gasteiger charge is -2.16. The fourth-order valence-corrected chi connectivity index (χ4v) is 5.44. The summed E-state index contributed by atoms with van der Waals surface area (Å²) in [4.78, 5) is 50.1. The number of methoxy groups -OCH3 is 1. The largest absolute Gasteiger partial charge is 0.467 e. The van der Waals surface area contributed by atoms with Crippen molar-refractivity contribution >= 4 is 35.7 Å². The lowest BCUT2D eigenvalue weighted by Crippen LogP contribution is -2.41. The molecular formula is C33H55N11O4. The normalized spacial score (nSPS) is 14.1. The fourth-order valence-electron chi connectivity index (χ4n) is 5.44. The highest BCUT2D eigenvalue weighted by atomic mass is 16.5. The summed E-state index contributed by atoms with van der Waals surface area (Å²) in [6, 6.07) is 5.27. The van der Waals surface area contributed by atoms with Gasteiger partial charge in [-0.25, -0.2) is 4.79 Å². The van der Waals surface area contributed by atoms with Crippen LogP contribution in [-0.2, 0) is 27.4 Å². The van der Waals surface area contributed by atoms with Gasteiger partial charge in [0.1, 0.15) is 6.04 Å². The number of nitrogens with one attached hydrogen (secondary N) is 6. The van der Waals surface area contributed by atoms with E-state index in [0.29, 0.717) is 51.0 Å². The number of nitrogens with zero attached hydrogens (tertiary/aromatic N) is 3. The molecule has 1 aromatic rings. The Balaban J connectivity index is 1.27. The molecule has 2 aliphatic rings. The minimum absolute atomic E-state index is 0.000379. The number of ether oxygens (including phenoxy) is 1. The average Bonchev–Trinajstić information content (AvgIpc) is 3.81. The summed E-state index contributed by atoms with van der Waals surface area (Å²) in [6.07, 6.45) is 9.41. The molecule has 48 heavy (non-hydrogen) atoms. The topological polar surface area (TPSA) is 222 Å². The molecule has 1 unspecified atom stereocenters. The molecule has 0 saturated carbocycles. The van der Waals surface area contributed by atoms with Crippen LogP contribution in [0.15, 0.2) is 33.2 Å². The predicted octanol–water partition coefficient (Wildman–Crippen LogP) is 0.736. The monoisotopic (exact) mass is 669 g/mol. The van der Waals surface area contributed by atoms with Crippen molar-refractivity contribution in [2.75, 3.05) is 46.4 Å². The van der Waals surface area contributed by atoms with Crippen LogP contribution in [0.5, 0.6) is 0 Å². The van der Waals surface area contributed by atoms with E-state index in [-0.39, 0.29) is 17.8 Å². The first-order chi connectivity index (χ1) is 23.3. The summed E-state index contributed by atoms with van der Waals surface area (Å²) in [7, 11) is 1.30. The highest BCUT2D eigenvalue weighted by molar-refractivity contribution is 5.94. The summed E-state index contributed by atoms with van der Waals surface area (Å²) in [6.45, 7) is 5.37. The lowest BCUT2D eigenvalue weighted by atomic mass is 10.0.